The largest absolute Gasteiger partial charge is 0.480 e. The molecule has 2 N–H and O–H groups in total. The molecular weight excluding hydrogens is 410 g/mol. The van der Waals surface area contributed by atoms with Gasteiger partial charge in [0.2, 0.25) is 0 Å². The molecule has 0 aliphatic carbocycles. The molecule has 31 heavy (non-hydrogen) atoms. The number of amides is 1. The molecular formula is C24H25N3O3S. The third-order valence-corrected chi connectivity index (χ3v) is 5.67. The number of carbonyl (C=O) groups is 2. The van der Waals surface area contributed by atoms with Crippen molar-refractivity contribution in [1.82, 2.24) is 10.3 Å². The summed E-state index contributed by atoms with van der Waals surface area (Å²) < 4.78 is 0. The van der Waals surface area contributed by atoms with Crippen molar-refractivity contribution in [3.05, 3.63) is 83.3 Å². The number of thiazole rings is 1. The SMILES string of the molecule is C=CCN(Cc1ccc(C(=O)NC(C)C(=O)O)cc1)c1nc(-c2ccc(C)cc2)cs1. The number of aromatic nitrogens is 1. The second-order valence-electron chi connectivity index (χ2n) is 7.28. The van der Waals surface area contributed by atoms with E-state index in [9.17, 15) is 9.59 Å². The van der Waals surface area contributed by atoms with E-state index in [-0.39, 0.29) is 0 Å². The first-order chi connectivity index (χ1) is 14.9. The first-order valence-corrected chi connectivity index (χ1v) is 10.8. The van der Waals surface area contributed by atoms with Crippen LogP contribution in [-0.2, 0) is 11.3 Å². The van der Waals surface area contributed by atoms with E-state index < -0.39 is 17.9 Å². The number of anilines is 1. The summed E-state index contributed by atoms with van der Waals surface area (Å²) in [7, 11) is 0. The lowest BCUT2D eigenvalue weighted by molar-refractivity contribution is -0.138. The number of aryl methyl sites for hydroxylation is 1. The van der Waals surface area contributed by atoms with Crippen LogP contribution >= 0.6 is 11.3 Å². The highest BCUT2D eigenvalue weighted by Crippen LogP contribution is 2.28. The van der Waals surface area contributed by atoms with Crippen molar-refractivity contribution in [2.24, 2.45) is 0 Å². The molecule has 0 aliphatic heterocycles. The van der Waals surface area contributed by atoms with Crippen LogP contribution in [0.15, 0.2) is 66.6 Å². The van der Waals surface area contributed by atoms with Gasteiger partial charge >= 0.3 is 5.97 Å². The van der Waals surface area contributed by atoms with Gasteiger partial charge in [-0.1, -0.05) is 48.0 Å². The van der Waals surface area contributed by atoms with Crippen LogP contribution in [0.25, 0.3) is 11.3 Å². The monoisotopic (exact) mass is 435 g/mol. The zero-order valence-corrected chi connectivity index (χ0v) is 18.4. The lowest BCUT2D eigenvalue weighted by atomic mass is 10.1. The fourth-order valence-corrected chi connectivity index (χ4v) is 3.80. The Morgan fingerprint density at radius 1 is 1.19 bits per heavy atom. The van der Waals surface area contributed by atoms with Gasteiger partial charge in [0, 0.05) is 29.6 Å². The molecule has 0 fully saturated rings. The Morgan fingerprint density at radius 3 is 2.48 bits per heavy atom. The Bertz CT molecular complexity index is 1060. The van der Waals surface area contributed by atoms with Gasteiger partial charge in [-0.15, -0.1) is 17.9 Å². The number of hydrogen-bond acceptors (Lipinski definition) is 5. The third-order valence-electron chi connectivity index (χ3n) is 4.77. The Labute approximate surface area is 185 Å². The number of carboxylic acid groups (broad SMARTS) is 1. The Balaban J connectivity index is 1.72. The quantitative estimate of drug-likeness (QED) is 0.483. The van der Waals surface area contributed by atoms with E-state index in [1.807, 2.05) is 23.6 Å². The van der Waals surface area contributed by atoms with E-state index in [0.29, 0.717) is 18.7 Å². The number of nitrogens with zero attached hydrogens (tertiary/aromatic N) is 2. The first-order valence-electron chi connectivity index (χ1n) is 9.88. The predicted molar refractivity (Wildman–Crippen MR) is 125 cm³/mol. The van der Waals surface area contributed by atoms with E-state index in [2.05, 4.69) is 48.0 Å². The number of hydrogen-bond donors (Lipinski definition) is 2. The molecule has 2 aromatic carbocycles. The highest BCUT2D eigenvalue weighted by molar-refractivity contribution is 7.14. The summed E-state index contributed by atoms with van der Waals surface area (Å²) in [6.07, 6.45) is 1.84. The van der Waals surface area contributed by atoms with E-state index in [1.54, 1.807) is 23.5 Å². The summed E-state index contributed by atoms with van der Waals surface area (Å²) in [6, 6.07) is 14.5. The van der Waals surface area contributed by atoms with E-state index >= 15 is 0 Å². The minimum atomic E-state index is -1.07. The fourth-order valence-electron chi connectivity index (χ4n) is 2.96. The summed E-state index contributed by atoms with van der Waals surface area (Å²) in [4.78, 5) is 30.0. The summed E-state index contributed by atoms with van der Waals surface area (Å²) in [5.74, 6) is -1.48. The Kier molecular flexibility index (Phi) is 7.20. The molecule has 3 aromatic rings. The number of rotatable bonds is 9. The Hall–Kier alpha value is -3.45. The van der Waals surface area contributed by atoms with Gasteiger partial charge in [0.15, 0.2) is 5.13 Å². The molecule has 3 rings (SSSR count). The highest BCUT2D eigenvalue weighted by Gasteiger charge is 2.16. The number of carboxylic acids is 1. The van der Waals surface area contributed by atoms with E-state index in [1.165, 1.54) is 12.5 Å². The van der Waals surface area contributed by atoms with Crippen molar-refractivity contribution in [3.63, 3.8) is 0 Å². The van der Waals surface area contributed by atoms with Crippen LogP contribution in [0.3, 0.4) is 0 Å². The van der Waals surface area contributed by atoms with Gasteiger partial charge in [0.25, 0.3) is 5.91 Å². The standard InChI is InChI=1S/C24H25N3O3S/c1-4-13-27(24-26-21(15-31-24)19-9-5-16(2)6-10-19)14-18-7-11-20(12-8-18)22(28)25-17(3)23(29)30/h4-12,15,17H,1,13-14H2,2-3H3,(H,25,28)(H,29,30). The maximum absolute atomic E-state index is 12.2. The second kappa shape index (κ2) is 10.0. The van der Waals surface area contributed by atoms with Crippen LogP contribution in [0.5, 0.6) is 0 Å². The average molecular weight is 436 g/mol. The smallest absolute Gasteiger partial charge is 0.325 e. The fraction of sp³-hybridized carbons (Fsp3) is 0.208. The molecule has 0 saturated heterocycles. The van der Waals surface area contributed by atoms with Crippen LogP contribution in [0.2, 0.25) is 0 Å². The van der Waals surface area contributed by atoms with Gasteiger partial charge in [-0.05, 0) is 31.5 Å². The summed E-state index contributed by atoms with van der Waals surface area (Å²) in [5, 5.41) is 14.3. The average Bonchev–Trinajstić information content (AvgIpc) is 3.24. The van der Waals surface area contributed by atoms with Gasteiger partial charge in [0.05, 0.1) is 5.69 Å². The van der Waals surface area contributed by atoms with Crippen molar-refractivity contribution >= 4 is 28.3 Å². The lowest BCUT2D eigenvalue weighted by Gasteiger charge is -2.20. The molecule has 1 amide bonds. The molecule has 1 atom stereocenters. The maximum Gasteiger partial charge on any atom is 0.325 e. The highest BCUT2D eigenvalue weighted by atomic mass is 32.1. The maximum atomic E-state index is 12.2. The zero-order chi connectivity index (χ0) is 22.4. The number of carbonyl (C=O) groups excluding carboxylic acids is 1. The molecule has 0 saturated carbocycles. The lowest BCUT2D eigenvalue weighted by Crippen LogP contribution is -2.38. The van der Waals surface area contributed by atoms with Crippen molar-refractivity contribution < 1.29 is 14.7 Å². The minimum Gasteiger partial charge on any atom is -0.480 e. The van der Waals surface area contributed by atoms with Gasteiger partial charge in [-0.3, -0.25) is 9.59 Å². The van der Waals surface area contributed by atoms with E-state index in [4.69, 9.17) is 10.1 Å². The van der Waals surface area contributed by atoms with Crippen LogP contribution < -0.4 is 10.2 Å². The van der Waals surface area contributed by atoms with Crippen molar-refractivity contribution in [2.45, 2.75) is 26.4 Å². The normalized spacial score (nSPS) is 11.5. The first kappa shape index (κ1) is 22.2. The summed E-state index contributed by atoms with van der Waals surface area (Å²) in [6.45, 7) is 8.60. The van der Waals surface area contributed by atoms with E-state index in [0.717, 1.165) is 22.0 Å². The van der Waals surface area contributed by atoms with Gasteiger partial charge in [-0.25, -0.2) is 4.98 Å². The minimum absolute atomic E-state index is 0.410. The van der Waals surface area contributed by atoms with Gasteiger partial charge in [-0.2, -0.15) is 0 Å². The topological polar surface area (TPSA) is 82.5 Å². The number of benzene rings is 2. The summed E-state index contributed by atoms with van der Waals surface area (Å²) in [5.41, 5.74) is 4.66. The molecule has 0 spiro atoms. The number of nitrogens with one attached hydrogen (secondary N) is 1. The third kappa shape index (κ3) is 5.79. The van der Waals surface area contributed by atoms with Crippen molar-refractivity contribution in [2.75, 3.05) is 11.4 Å². The zero-order valence-electron chi connectivity index (χ0n) is 17.5. The molecule has 6 nitrogen and oxygen atoms in total. The van der Waals surface area contributed by atoms with Gasteiger partial charge < -0.3 is 15.3 Å². The predicted octanol–water partition coefficient (Wildman–Crippen LogP) is 4.51. The molecule has 1 aromatic heterocycles. The molecule has 0 bridgehead atoms. The van der Waals surface area contributed by atoms with Crippen molar-refractivity contribution in [3.8, 4) is 11.3 Å². The summed E-state index contributed by atoms with van der Waals surface area (Å²) >= 11 is 1.58. The van der Waals surface area contributed by atoms with Gasteiger partial charge in [0.1, 0.15) is 6.04 Å². The van der Waals surface area contributed by atoms with Crippen LogP contribution in [0.1, 0.15) is 28.4 Å². The molecule has 7 heteroatoms. The Morgan fingerprint density at radius 2 is 1.87 bits per heavy atom. The molecule has 160 valence electrons. The molecule has 1 unspecified atom stereocenters. The van der Waals surface area contributed by atoms with Crippen LogP contribution in [0, 0.1) is 6.92 Å². The molecule has 0 radical (unpaired) electrons. The van der Waals surface area contributed by atoms with Crippen molar-refractivity contribution in [1.29, 1.82) is 0 Å². The van der Waals surface area contributed by atoms with Crippen LogP contribution in [0.4, 0.5) is 5.13 Å². The second-order valence-corrected chi connectivity index (χ2v) is 8.12. The molecule has 0 aliphatic rings. The van der Waals surface area contributed by atoms with Crippen LogP contribution in [-0.4, -0.2) is 34.6 Å². The molecule has 1 heterocycles. The number of aliphatic carboxylic acids is 1.